The SMILES string of the molecule is CSCCC(NC(=O)C(N)CC(=O)O)C(=O)NC(Cc1cnc[nH]1)C(=O)NC(CC(=O)O)C(=O)NC(Cc1ccccc1)C(=O)NC(Cc1ccccc1)C(=O)NC(Cc1ccccc1)C(=O)N1CCC2CN(C(CC(C)C)C(=O)NC(COCc3ccccc3)COCc3ccccc3)C(=O)C21. The summed E-state index contributed by atoms with van der Waals surface area (Å²) in [5, 5.41) is 38.4. The van der Waals surface area contributed by atoms with Crippen molar-refractivity contribution in [3.05, 3.63) is 198 Å². The number of nitrogens with one attached hydrogen (secondary N) is 8. The lowest BCUT2D eigenvalue weighted by atomic mass is 10.00. The number of rotatable bonds is 41. The minimum atomic E-state index is -1.91. The third-order valence-corrected chi connectivity index (χ3v) is 18.3. The van der Waals surface area contributed by atoms with E-state index in [4.69, 9.17) is 15.2 Å². The van der Waals surface area contributed by atoms with E-state index in [2.05, 4.69) is 47.2 Å². The summed E-state index contributed by atoms with van der Waals surface area (Å²) >= 11 is 1.33. The van der Waals surface area contributed by atoms with Crippen LogP contribution in [0.25, 0.3) is 0 Å². The Morgan fingerprint density at radius 1 is 0.553 bits per heavy atom. The van der Waals surface area contributed by atoms with Crippen LogP contribution in [0.5, 0.6) is 0 Å². The zero-order valence-corrected chi connectivity index (χ0v) is 58.7. The van der Waals surface area contributed by atoms with Gasteiger partial charge in [0, 0.05) is 56.6 Å². The van der Waals surface area contributed by atoms with E-state index in [1.165, 1.54) is 29.2 Å². The maximum Gasteiger partial charge on any atom is 0.305 e. The first-order valence-electron chi connectivity index (χ1n) is 34.4. The van der Waals surface area contributed by atoms with Crippen LogP contribution in [0.3, 0.4) is 0 Å². The number of aromatic amines is 1. The van der Waals surface area contributed by atoms with Gasteiger partial charge < -0.3 is 77.4 Å². The van der Waals surface area contributed by atoms with E-state index >= 15 is 19.2 Å². The van der Waals surface area contributed by atoms with E-state index in [0.29, 0.717) is 54.2 Å². The van der Waals surface area contributed by atoms with Crippen LogP contribution in [0.1, 0.15) is 79.5 Å². The standard InChI is InChI=1S/C75H92N12O15S/c1-47(2)33-63(73(98)79-55(44-101-42-51-25-15-7-16-26-51)45-102-43-52-27-17-8-18-28-52)87-41-53-29-31-86(66(53)75(87)100)74(99)62(36-50-23-13-6-14-24-50)85-70(95)59(35-49-21-11-5-12-22-49)81-69(94)58(34-48-19-9-4-10-20-48)82-72(97)61(39-65(90)91)84-71(96)60(37-54-40-77-46-78-54)83-68(93)57(30-32-103-3)80-67(92)56(76)38-64(88)89/h4-28,40,46-47,53,55-63,66H,29-39,41-45,76H2,1-3H3,(H,77,78)(H,79,98)(H,80,92)(H,81,94)(H,82,97)(H,83,93)(H,84,96)(H,85,95)(H,88,89)(H,90,91). The first kappa shape index (κ1) is 78.4. The Labute approximate surface area is 602 Å². The van der Waals surface area contributed by atoms with Crippen LogP contribution in [-0.2, 0) is 101 Å². The van der Waals surface area contributed by atoms with E-state index in [0.717, 1.165) is 11.1 Å². The number of thioether (sulfide) groups is 1. The number of carboxylic acid groups (broad SMARTS) is 2. The summed E-state index contributed by atoms with van der Waals surface area (Å²) < 4.78 is 12.3. The van der Waals surface area contributed by atoms with Crippen LogP contribution >= 0.6 is 11.8 Å². The molecule has 0 bridgehead atoms. The van der Waals surface area contributed by atoms with Gasteiger partial charge in [-0.25, -0.2) is 4.98 Å². The minimum Gasteiger partial charge on any atom is -0.481 e. The summed E-state index contributed by atoms with van der Waals surface area (Å²) in [5.74, 6) is -10.2. The maximum absolute atomic E-state index is 15.5. The molecule has 0 spiro atoms. The smallest absolute Gasteiger partial charge is 0.305 e. The van der Waals surface area contributed by atoms with Gasteiger partial charge in [-0.15, -0.1) is 0 Å². The first-order chi connectivity index (χ1) is 49.6. The number of hydrogen-bond acceptors (Lipinski definition) is 16. The van der Waals surface area contributed by atoms with Crippen molar-refractivity contribution in [1.82, 2.24) is 57.0 Å². The number of nitrogens with two attached hydrogens (primary N) is 1. The number of carboxylic acids is 2. The average Bonchev–Trinajstić information content (AvgIpc) is 1.61. The van der Waals surface area contributed by atoms with Crippen LogP contribution < -0.4 is 43.0 Å². The predicted molar refractivity (Wildman–Crippen MR) is 382 cm³/mol. The lowest BCUT2D eigenvalue weighted by Crippen LogP contribution is -2.61. The van der Waals surface area contributed by atoms with Crippen LogP contribution in [0.15, 0.2) is 164 Å². The monoisotopic (exact) mass is 1430 g/mol. The van der Waals surface area contributed by atoms with Crippen molar-refractivity contribution in [2.45, 2.75) is 145 Å². The van der Waals surface area contributed by atoms with Crippen LogP contribution in [-0.4, -0.2) is 194 Å². The molecule has 103 heavy (non-hydrogen) atoms. The lowest BCUT2D eigenvalue weighted by molar-refractivity contribution is -0.146. The van der Waals surface area contributed by atoms with Crippen molar-refractivity contribution in [2.75, 3.05) is 38.3 Å². The number of fused-ring (bicyclic) bond motifs is 1. The Bertz CT molecular complexity index is 3730. The van der Waals surface area contributed by atoms with E-state index in [1.54, 1.807) is 102 Å². The van der Waals surface area contributed by atoms with Gasteiger partial charge in [-0.05, 0) is 65.0 Å². The number of hydrogen-bond donors (Lipinski definition) is 11. The third-order valence-electron chi connectivity index (χ3n) is 17.7. The number of H-pyrrole nitrogens is 1. The summed E-state index contributed by atoms with van der Waals surface area (Å²) in [4.78, 5) is 166. The fraction of sp³-hybridized carbons (Fsp3) is 0.413. The first-order valence-corrected chi connectivity index (χ1v) is 35.8. The van der Waals surface area contributed by atoms with Crippen molar-refractivity contribution in [1.29, 1.82) is 0 Å². The molecule has 0 saturated carbocycles. The number of amides is 9. The fourth-order valence-corrected chi connectivity index (χ4v) is 12.9. The highest BCUT2D eigenvalue weighted by Gasteiger charge is 2.53. The normalized spacial score (nSPS) is 16.4. The number of aliphatic carboxylic acids is 2. The Balaban J connectivity index is 1.02. The number of likely N-dealkylation sites (tertiary alicyclic amines) is 2. The number of nitrogens with zero attached hydrogens (tertiary/aromatic N) is 3. The molecule has 28 heteroatoms. The second-order valence-corrected chi connectivity index (χ2v) is 27.2. The highest BCUT2D eigenvalue weighted by atomic mass is 32.2. The van der Waals surface area contributed by atoms with Gasteiger partial charge in [0.2, 0.25) is 53.2 Å². The molecule has 548 valence electrons. The molecule has 5 aromatic carbocycles. The Kier molecular flexibility index (Phi) is 30.3. The zero-order chi connectivity index (χ0) is 73.8. The van der Waals surface area contributed by atoms with Gasteiger partial charge >= 0.3 is 11.9 Å². The summed E-state index contributed by atoms with van der Waals surface area (Å²) in [5.41, 5.74) is 9.78. The number of aromatic nitrogens is 2. The molecular weight excluding hydrogens is 1340 g/mol. The predicted octanol–water partition coefficient (Wildman–Crippen LogP) is 3.01. The summed E-state index contributed by atoms with van der Waals surface area (Å²) in [7, 11) is 0. The van der Waals surface area contributed by atoms with Gasteiger partial charge in [-0.3, -0.25) is 52.7 Å². The molecule has 9 amide bonds. The lowest BCUT2D eigenvalue weighted by Gasteiger charge is -2.33. The molecule has 3 heterocycles. The summed E-state index contributed by atoms with van der Waals surface area (Å²) in [6, 6.07) is 32.1. The second kappa shape index (κ2) is 39.8. The van der Waals surface area contributed by atoms with Crippen molar-refractivity contribution in [3.8, 4) is 0 Å². The van der Waals surface area contributed by atoms with E-state index in [1.807, 2.05) is 74.5 Å². The van der Waals surface area contributed by atoms with Gasteiger partial charge in [-0.1, -0.05) is 166 Å². The van der Waals surface area contributed by atoms with Gasteiger partial charge in [0.15, 0.2) is 0 Å². The molecule has 0 aliphatic carbocycles. The van der Waals surface area contributed by atoms with Crippen molar-refractivity contribution in [2.24, 2.45) is 17.6 Å². The molecule has 1 aromatic heterocycles. The number of carbonyl (C=O) groups is 11. The molecule has 2 saturated heterocycles. The molecule has 10 atom stereocenters. The zero-order valence-electron chi connectivity index (χ0n) is 57.9. The Hall–Kier alpha value is -10.3. The highest BCUT2D eigenvalue weighted by molar-refractivity contribution is 7.98. The van der Waals surface area contributed by atoms with E-state index in [9.17, 15) is 43.8 Å². The molecule has 2 fully saturated rings. The van der Waals surface area contributed by atoms with Crippen LogP contribution in [0.4, 0.5) is 0 Å². The molecule has 10 unspecified atom stereocenters. The van der Waals surface area contributed by atoms with Crippen LogP contribution in [0.2, 0.25) is 0 Å². The van der Waals surface area contributed by atoms with Crippen LogP contribution in [0, 0.1) is 11.8 Å². The highest BCUT2D eigenvalue weighted by Crippen LogP contribution is 2.35. The van der Waals surface area contributed by atoms with E-state index < -0.39 is 138 Å². The van der Waals surface area contributed by atoms with Gasteiger partial charge in [-0.2, -0.15) is 11.8 Å². The molecule has 12 N–H and O–H groups in total. The van der Waals surface area contributed by atoms with Gasteiger partial charge in [0.05, 0.1) is 57.7 Å². The molecule has 2 aliphatic rings. The second-order valence-electron chi connectivity index (χ2n) is 26.2. The number of imidazole rings is 1. The van der Waals surface area contributed by atoms with Crippen molar-refractivity contribution >= 4 is 76.9 Å². The minimum absolute atomic E-state index is 0.0126. The molecule has 6 aromatic rings. The van der Waals surface area contributed by atoms with Gasteiger partial charge in [0.1, 0.15) is 48.3 Å². The molecular formula is C75H92N12O15S. The molecule has 27 nitrogen and oxygen atoms in total. The topological polar surface area (TPSA) is 392 Å². The molecule has 0 radical (unpaired) electrons. The number of carbonyl (C=O) groups excluding carboxylic acids is 9. The van der Waals surface area contributed by atoms with Gasteiger partial charge in [0.25, 0.3) is 0 Å². The number of ether oxygens (including phenoxy) is 2. The Morgan fingerprint density at radius 3 is 1.44 bits per heavy atom. The van der Waals surface area contributed by atoms with E-state index in [-0.39, 0.29) is 70.2 Å². The fourth-order valence-electron chi connectivity index (χ4n) is 12.5. The molecule has 2 aliphatic heterocycles. The third kappa shape index (κ3) is 24.5. The molecule has 8 rings (SSSR count). The largest absolute Gasteiger partial charge is 0.481 e. The average molecular weight is 1430 g/mol. The number of benzene rings is 5. The Morgan fingerprint density at radius 2 is 0.981 bits per heavy atom. The van der Waals surface area contributed by atoms with Crippen molar-refractivity contribution < 1.29 is 72.4 Å². The summed E-state index contributed by atoms with van der Waals surface area (Å²) in [6.07, 6.45) is 2.67. The summed E-state index contributed by atoms with van der Waals surface area (Å²) in [6.45, 7) is 5.08. The quantitative estimate of drug-likeness (QED) is 0.0263. The maximum atomic E-state index is 15.5. The van der Waals surface area contributed by atoms with Crippen molar-refractivity contribution in [3.63, 3.8) is 0 Å².